The van der Waals surface area contributed by atoms with Crippen molar-refractivity contribution in [3.05, 3.63) is 23.0 Å². The minimum absolute atomic E-state index is 0.454. The molecule has 102 valence electrons. The third kappa shape index (κ3) is 2.08. The van der Waals surface area contributed by atoms with Crippen molar-refractivity contribution in [2.24, 2.45) is 5.92 Å². The minimum Gasteiger partial charge on any atom is -0.494 e. The van der Waals surface area contributed by atoms with Crippen molar-refractivity contribution in [2.75, 3.05) is 7.11 Å². The summed E-state index contributed by atoms with van der Waals surface area (Å²) in [5.74, 6) is 1.61. The highest BCUT2D eigenvalue weighted by atomic mass is 32.1. The second-order valence-corrected chi connectivity index (χ2v) is 5.83. The smallest absolute Gasteiger partial charge is 0.178 e. The van der Waals surface area contributed by atoms with Crippen molar-refractivity contribution in [2.45, 2.75) is 38.6 Å². The molecule has 1 unspecified atom stereocenters. The van der Waals surface area contributed by atoms with Crippen molar-refractivity contribution < 1.29 is 4.74 Å². The van der Waals surface area contributed by atoms with Gasteiger partial charge in [0.1, 0.15) is 11.3 Å². The average molecular weight is 276 g/mol. The van der Waals surface area contributed by atoms with Crippen LogP contribution in [0.5, 0.6) is 5.75 Å². The Morgan fingerprint density at radius 2 is 2.11 bits per heavy atom. The highest BCUT2D eigenvalue weighted by Crippen LogP contribution is 2.36. The Hall–Kier alpha value is -1.29. The topological polar surface area (TPSA) is 29.9 Å². The first-order chi connectivity index (χ1) is 9.22. The van der Waals surface area contributed by atoms with Crippen molar-refractivity contribution >= 4 is 23.3 Å². The lowest BCUT2D eigenvalue weighted by molar-refractivity contribution is 0.365. The Morgan fingerprint density at radius 1 is 1.37 bits per heavy atom. The summed E-state index contributed by atoms with van der Waals surface area (Å²) in [6, 6.07) is 6.57. The number of nitrogens with one attached hydrogen (secondary N) is 1. The molecule has 1 aliphatic rings. The monoisotopic (exact) mass is 276 g/mol. The molecule has 0 spiro atoms. The van der Waals surface area contributed by atoms with Crippen LogP contribution in [0.25, 0.3) is 11.0 Å². The fourth-order valence-electron chi connectivity index (χ4n) is 3.35. The number of methoxy groups -OCH3 is 1. The highest BCUT2D eigenvalue weighted by Gasteiger charge is 2.24. The largest absolute Gasteiger partial charge is 0.494 e. The summed E-state index contributed by atoms with van der Waals surface area (Å²) in [5.41, 5.74) is 2.17. The number of nitrogens with zero attached hydrogens (tertiary/aromatic N) is 1. The van der Waals surface area contributed by atoms with Crippen LogP contribution in [0.15, 0.2) is 18.2 Å². The van der Waals surface area contributed by atoms with E-state index >= 15 is 0 Å². The first-order valence-corrected chi connectivity index (χ1v) is 7.40. The number of rotatable bonds is 3. The van der Waals surface area contributed by atoms with Gasteiger partial charge in [0.15, 0.2) is 4.77 Å². The highest BCUT2D eigenvalue weighted by molar-refractivity contribution is 7.71. The molecule has 2 aromatic rings. The molecule has 19 heavy (non-hydrogen) atoms. The van der Waals surface area contributed by atoms with Gasteiger partial charge in [-0.25, -0.2) is 0 Å². The number of aromatic nitrogens is 2. The maximum Gasteiger partial charge on any atom is 0.178 e. The van der Waals surface area contributed by atoms with Gasteiger partial charge in [0.2, 0.25) is 0 Å². The second kappa shape index (κ2) is 5.00. The zero-order valence-electron chi connectivity index (χ0n) is 11.5. The summed E-state index contributed by atoms with van der Waals surface area (Å²) in [4.78, 5) is 3.30. The fraction of sp³-hybridized carbons (Fsp3) is 0.533. The first-order valence-electron chi connectivity index (χ1n) is 6.99. The number of ether oxygens (including phenoxy) is 1. The van der Waals surface area contributed by atoms with E-state index in [1.54, 1.807) is 7.11 Å². The normalized spacial score (nSPS) is 18.0. The van der Waals surface area contributed by atoms with Gasteiger partial charge < -0.3 is 14.3 Å². The number of hydrogen-bond acceptors (Lipinski definition) is 2. The Balaban J connectivity index is 2.12. The van der Waals surface area contributed by atoms with Gasteiger partial charge in [0, 0.05) is 6.04 Å². The summed E-state index contributed by atoms with van der Waals surface area (Å²) in [6.07, 6.45) is 5.35. The van der Waals surface area contributed by atoms with E-state index in [0.717, 1.165) is 27.5 Å². The molecule has 1 heterocycles. The van der Waals surface area contributed by atoms with E-state index in [-0.39, 0.29) is 0 Å². The molecule has 1 N–H and O–H groups in total. The Labute approximate surface area is 118 Å². The van der Waals surface area contributed by atoms with E-state index in [9.17, 15) is 0 Å². The van der Waals surface area contributed by atoms with Crippen LogP contribution in [-0.2, 0) is 0 Å². The summed E-state index contributed by atoms with van der Waals surface area (Å²) in [5, 5.41) is 0. The second-order valence-electron chi connectivity index (χ2n) is 5.44. The van der Waals surface area contributed by atoms with E-state index in [1.807, 2.05) is 12.1 Å². The van der Waals surface area contributed by atoms with Crippen LogP contribution in [0.1, 0.15) is 38.6 Å². The van der Waals surface area contributed by atoms with Crippen LogP contribution in [-0.4, -0.2) is 16.7 Å². The molecule has 1 aromatic heterocycles. The summed E-state index contributed by atoms with van der Waals surface area (Å²) < 4.78 is 8.48. The van der Waals surface area contributed by atoms with E-state index in [1.165, 1.54) is 25.7 Å². The lowest BCUT2D eigenvalue weighted by atomic mass is 9.99. The summed E-state index contributed by atoms with van der Waals surface area (Å²) in [6.45, 7) is 2.29. The van der Waals surface area contributed by atoms with Gasteiger partial charge in [-0.15, -0.1) is 0 Å². The lowest BCUT2D eigenvalue weighted by Gasteiger charge is -2.21. The molecule has 0 radical (unpaired) electrons. The van der Waals surface area contributed by atoms with Crippen LogP contribution in [0.3, 0.4) is 0 Å². The number of imidazole rings is 1. The number of benzene rings is 1. The minimum atomic E-state index is 0.454. The maximum atomic E-state index is 5.52. The SMILES string of the molecule is COc1cccc2c1[nH]c(=S)n2C(C)C1CCCC1. The van der Waals surface area contributed by atoms with Crippen molar-refractivity contribution in [1.82, 2.24) is 9.55 Å². The molecule has 0 bridgehead atoms. The molecule has 1 aliphatic carbocycles. The molecule has 1 saturated carbocycles. The van der Waals surface area contributed by atoms with Crippen molar-refractivity contribution in [1.29, 1.82) is 0 Å². The van der Waals surface area contributed by atoms with Gasteiger partial charge in [-0.1, -0.05) is 18.9 Å². The third-order valence-electron chi connectivity index (χ3n) is 4.42. The molecule has 1 fully saturated rings. The van der Waals surface area contributed by atoms with Gasteiger partial charge in [0.25, 0.3) is 0 Å². The standard InChI is InChI=1S/C15H20N2OS/c1-10(11-6-3-4-7-11)17-12-8-5-9-13(18-2)14(12)16-15(17)19/h5,8-11H,3-4,6-7H2,1-2H3,(H,16,19). The molecule has 3 nitrogen and oxygen atoms in total. The number of para-hydroxylation sites is 1. The van der Waals surface area contributed by atoms with Gasteiger partial charge in [-0.05, 0) is 50.0 Å². The van der Waals surface area contributed by atoms with E-state index in [0.29, 0.717) is 6.04 Å². The van der Waals surface area contributed by atoms with Gasteiger partial charge in [0.05, 0.1) is 12.6 Å². The summed E-state index contributed by atoms with van der Waals surface area (Å²) >= 11 is 5.52. The quantitative estimate of drug-likeness (QED) is 0.839. The third-order valence-corrected chi connectivity index (χ3v) is 4.72. The molecule has 1 atom stereocenters. The Kier molecular flexibility index (Phi) is 3.35. The Bertz CT molecular complexity index is 637. The average Bonchev–Trinajstić information content (AvgIpc) is 3.04. The number of aromatic amines is 1. The van der Waals surface area contributed by atoms with Crippen LogP contribution in [0, 0.1) is 10.7 Å². The molecule has 0 aliphatic heterocycles. The fourth-order valence-corrected chi connectivity index (χ4v) is 3.71. The molecule has 0 amide bonds. The number of hydrogen-bond donors (Lipinski definition) is 1. The molecule has 1 aromatic carbocycles. The zero-order valence-corrected chi connectivity index (χ0v) is 12.3. The first kappa shape index (κ1) is 12.7. The van der Waals surface area contributed by atoms with E-state index < -0.39 is 0 Å². The number of fused-ring (bicyclic) bond motifs is 1. The number of H-pyrrole nitrogens is 1. The van der Waals surface area contributed by atoms with Gasteiger partial charge >= 0.3 is 0 Å². The van der Waals surface area contributed by atoms with Crippen LogP contribution in [0.4, 0.5) is 0 Å². The lowest BCUT2D eigenvalue weighted by Crippen LogP contribution is -2.14. The molecular weight excluding hydrogens is 256 g/mol. The molecule has 4 heteroatoms. The molecular formula is C15H20N2OS. The maximum absolute atomic E-state index is 5.52. The van der Waals surface area contributed by atoms with Crippen LogP contribution < -0.4 is 4.74 Å². The van der Waals surface area contributed by atoms with E-state index in [4.69, 9.17) is 17.0 Å². The van der Waals surface area contributed by atoms with Crippen LogP contribution >= 0.6 is 12.2 Å². The molecule has 0 saturated heterocycles. The van der Waals surface area contributed by atoms with Gasteiger partial charge in [-0.3, -0.25) is 0 Å². The predicted octanol–water partition coefficient (Wildman–Crippen LogP) is 4.46. The van der Waals surface area contributed by atoms with Gasteiger partial charge in [-0.2, -0.15) is 0 Å². The Morgan fingerprint density at radius 3 is 2.79 bits per heavy atom. The van der Waals surface area contributed by atoms with E-state index in [2.05, 4.69) is 22.5 Å². The zero-order chi connectivity index (χ0) is 13.4. The van der Waals surface area contributed by atoms with Crippen LogP contribution in [0.2, 0.25) is 0 Å². The predicted molar refractivity (Wildman–Crippen MR) is 80.3 cm³/mol. The van der Waals surface area contributed by atoms with Crippen molar-refractivity contribution in [3.63, 3.8) is 0 Å². The van der Waals surface area contributed by atoms with Crippen molar-refractivity contribution in [3.8, 4) is 5.75 Å². The molecule has 3 rings (SSSR count). The summed E-state index contributed by atoms with van der Waals surface area (Å²) in [7, 11) is 1.70.